The number of halogens is 1. The molecule has 0 fully saturated rings. The Balaban J connectivity index is 2.88. The third kappa shape index (κ3) is 3.18. The van der Waals surface area contributed by atoms with E-state index in [1.807, 2.05) is 0 Å². The average Bonchev–Trinajstić information content (AvgIpc) is 2.38. The lowest BCUT2D eigenvalue weighted by atomic mass is 10.0. The lowest BCUT2D eigenvalue weighted by Gasteiger charge is -2.26. The average molecular weight is 257 g/mol. The summed E-state index contributed by atoms with van der Waals surface area (Å²) in [6.45, 7) is 0.631. The number of hydrogen-bond donors (Lipinski definition) is 3. The van der Waals surface area contributed by atoms with Crippen LogP contribution in [0.1, 0.15) is 17.3 Å². The molecular weight excluding hydrogens is 241 g/mol. The molecule has 0 aromatic heterocycles. The number of amides is 1. The van der Waals surface area contributed by atoms with Crippen LogP contribution < -0.4 is 10.1 Å². The molecule has 0 unspecified atom stereocenters. The second-order valence-electron chi connectivity index (χ2n) is 4.18. The standard InChI is InChI=1S/C12H16FNO4/c1-12(6-15,7-16)14-11(17)8-3-4-10(18-2)9(13)5-8/h3-5,15-16H,6-7H2,1-2H3,(H,14,17). The second kappa shape index (κ2) is 5.79. The van der Waals surface area contributed by atoms with Crippen LogP contribution in [0.3, 0.4) is 0 Å². The molecule has 1 aromatic carbocycles. The molecule has 100 valence electrons. The van der Waals surface area contributed by atoms with E-state index in [4.69, 9.17) is 14.9 Å². The highest BCUT2D eigenvalue weighted by atomic mass is 19.1. The van der Waals surface area contributed by atoms with Gasteiger partial charge in [0.15, 0.2) is 11.6 Å². The van der Waals surface area contributed by atoms with E-state index in [1.165, 1.54) is 26.2 Å². The number of rotatable bonds is 5. The zero-order valence-electron chi connectivity index (χ0n) is 10.2. The number of benzene rings is 1. The van der Waals surface area contributed by atoms with Crippen molar-refractivity contribution in [2.24, 2.45) is 0 Å². The molecule has 0 atom stereocenters. The summed E-state index contributed by atoms with van der Waals surface area (Å²) in [5, 5.41) is 20.5. The first-order valence-corrected chi connectivity index (χ1v) is 5.33. The van der Waals surface area contributed by atoms with Gasteiger partial charge in [0, 0.05) is 5.56 Å². The van der Waals surface area contributed by atoms with E-state index < -0.39 is 30.5 Å². The SMILES string of the molecule is COc1ccc(C(=O)NC(C)(CO)CO)cc1F. The molecular formula is C12H16FNO4. The van der Waals surface area contributed by atoms with E-state index >= 15 is 0 Å². The van der Waals surface area contributed by atoms with E-state index in [0.29, 0.717) is 0 Å². The molecule has 3 N–H and O–H groups in total. The maximum absolute atomic E-state index is 13.4. The van der Waals surface area contributed by atoms with Crippen LogP contribution in [-0.4, -0.2) is 42.0 Å². The van der Waals surface area contributed by atoms with Crippen LogP contribution in [0.15, 0.2) is 18.2 Å². The van der Waals surface area contributed by atoms with E-state index in [9.17, 15) is 9.18 Å². The van der Waals surface area contributed by atoms with Crippen molar-refractivity contribution in [3.63, 3.8) is 0 Å². The molecule has 0 bridgehead atoms. The normalized spacial score (nSPS) is 11.2. The number of carbonyl (C=O) groups is 1. The number of ether oxygens (including phenoxy) is 1. The molecule has 1 rings (SSSR count). The van der Waals surface area contributed by atoms with Crippen LogP contribution in [0, 0.1) is 5.82 Å². The molecule has 0 aliphatic carbocycles. The van der Waals surface area contributed by atoms with Gasteiger partial charge in [-0.1, -0.05) is 0 Å². The van der Waals surface area contributed by atoms with Gasteiger partial charge in [-0.05, 0) is 25.1 Å². The summed E-state index contributed by atoms with van der Waals surface area (Å²) in [4.78, 5) is 11.8. The third-order valence-corrected chi connectivity index (χ3v) is 2.53. The Morgan fingerprint density at radius 3 is 2.50 bits per heavy atom. The van der Waals surface area contributed by atoms with Crippen molar-refractivity contribution in [2.45, 2.75) is 12.5 Å². The Kier molecular flexibility index (Phi) is 4.63. The molecule has 0 saturated carbocycles. The summed E-state index contributed by atoms with van der Waals surface area (Å²) < 4.78 is 18.1. The number of carbonyl (C=O) groups excluding carboxylic acids is 1. The maximum Gasteiger partial charge on any atom is 0.251 e. The fraction of sp³-hybridized carbons (Fsp3) is 0.417. The number of nitrogens with one attached hydrogen (secondary N) is 1. The van der Waals surface area contributed by atoms with Gasteiger partial charge in [-0.15, -0.1) is 0 Å². The minimum atomic E-state index is -1.15. The van der Waals surface area contributed by atoms with Crippen molar-refractivity contribution < 1.29 is 24.1 Å². The first kappa shape index (κ1) is 14.4. The van der Waals surface area contributed by atoms with Crippen molar-refractivity contribution in [3.8, 4) is 5.75 Å². The summed E-state index contributed by atoms with van der Waals surface area (Å²) in [5.41, 5.74) is -1.06. The van der Waals surface area contributed by atoms with Crippen molar-refractivity contribution >= 4 is 5.91 Å². The van der Waals surface area contributed by atoms with Crippen LogP contribution >= 0.6 is 0 Å². The first-order valence-electron chi connectivity index (χ1n) is 5.33. The van der Waals surface area contributed by atoms with Gasteiger partial charge in [-0.3, -0.25) is 4.79 Å². The molecule has 18 heavy (non-hydrogen) atoms. The van der Waals surface area contributed by atoms with Gasteiger partial charge in [0.25, 0.3) is 5.91 Å². The highest BCUT2D eigenvalue weighted by Crippen LogP contribution is 2.18. The minimum Gasteiger partial charge on any atom is -0.494 e. The molecule has 0 aliphatic rings. The van der Waals surface area contributed by atoms with Gasteiger partial charge >= 0.3 is 0 Å². The predicted octanol–water partition coefficient (Wildman–Crippen LogP) is 0.307. The zero-order chi connectivity index (χ0) is 13.8. The van der Waals surface area contributed by atoms with Crippen LogP contribution in [-0.2, 0) is 0 Å². The molecule has 0 radical (unpaired) electrons. The van der Waals surface area contributed by atoms with E-state index in [-0.39, 0.29) is 11.3 Å². The van der Waals surface area contributed by atoms with E-state index in [2.05, 4.69) is 5.32 Å². The Bertz CT molecular complexity index is 432. The fourth-order valence-corrected chi connectivity index (χ4v) is 1.28. The summed E-state index contributed by atoms with van der Waals surface area (Å²) in [6, 6.07) is 3.76. The van der Waals surface area contributed by atoms with Crippen LogP contribution in [0.2, 0.25) is 0 Å². The van der Waals surface area contributed by atoms with Gasteiger partial charge in [0.1, 0.15) is 0 Å². The lowest BCUT2D eigenvalue weighted by molar-refractivity contribution is 0.0723. The Labute approximate surface area is 104 Å². The molecule has 1 aromatic rings. The molecule has 6 heteroatoms. The zero-order valence-corrected chi connectivity index (χ0v) is 10.2. The minimum absolute atomic E-state index is 0.0404. The third-order valence-electron chi connectivity index (χ3n) is 2.53. The molecule has 5 nitrogen and oxygen atoms in total. The topological polar surface area (TPSA) is 78.8 Å². The summed E-state index contributed by atoms with van der Waals surface area (Å²) in [6.07, 6.45) is 0. The molecule has 0 aliphatic heterocycles. The first-order chi connectivity index (χ1) is 8.45. The monoisotopic (exact) mass is 257 g/mol. The summed E-state index contributed by atoms with van der Waals surface area (Å²) >= 11 is 0. The Morgan fingerprint density at radius 2 is 2.06 bits per heavy atom. The van der Waals surface area contributed by atoms with Gasteiger partial charge in [0.2, 0.25) is 0 Å². The van der Waals surface area contributed by atoms with Gasteiger partial charge < -0.3 is 20.3 Å². The molecule has 1 amide bonds. The van der Waals surface area contributed by atoms with Crippen LogP contribution in [0.5, 0.6) is 5.75 Å². The van der Waals surface area contributed by atoms with Crippen molar-refractivity contribution in [2.75, 3.05) is 20.3 Å². The van der Waals surface area contributed by atoms with Crippen molar-refractivity contribution in [1.29, 1.82) is 0 Å². The highest BCUT2D eigenvalue weighted by Gasteiger charge is 2.25. The summed E-state index contributed by atoms with van der Waals surface area (Å²) in [7, 11) is 1.33. The van der Waals surface area contributed by atoms with Crippen LogP contribution in [0.4, 0.5) is 4.39 Å². The molecule has 0 heterocycles. The number of aliphatic hydroxyl groups excluding tert-OH is 2. The second-order valence-corrected chi connectivity index (χ2v) is 4.18. The largest absolute Gasteiger partial charge is 0.494 e. The lowest BCUT2D eigenvalue weighted by Crippen LogP contribution is -2.51. The molecule has 0 saturated heterocycles. The Morgan fingerprint density at radius 1 is 1.44 bits per heavy atom. The van der Waals surface area contributed by atoms with Crippen molar-refractivity contribution in [1.82, 2.24) is 5.32 Å². The molecule has 0 spiro atoms. The maximum atomic E-state index is 13.4. The number of aliphatic hydroxyl groups is 2. The van der Waals surface area contributed by atoms with Crippen molar-refractivity contribution in [3.05, 3.63) is 29.6 Å². The summed E-state index contributed by atoms with van der Waals surface area (Å²) in [5.74, 6) is -1.19. The number of hydrogen-bond acceptors (Lipinski definition) is 4. The Hall–Kier alpha value is -1.66. The van der Waals surface area contributed by atoms with E-state index in [0.717, 1.165) is 6.07 Å². The number of methoxy groups -OCH3 is 1. The quantitative estimate of drug-likeness (QED) is 0.709. The predicted molar refractivity (Wildman–Crippen MR) is 63.0 cm³/mol. The highest BCUT2D eigenvalue weighted by molar-refractivity contribution is 5.94. The van der Waals surface area contributed by atoms with Gasteiger partial charge in [0.05, 0.1) is 25.9 Å². The van der Waals surface area contributed by atoms with Crippen LogP contribution in [0.25, 0.3) is 0 Å². The van der Waals surface area contributed by atoms with Gasteiger partial charge in [-0.2, -0.15) is 0 Å². The fourth-order valence-electron chi connectivity index (χ4n) is 1.28. The van der Waals surface area contributed by atoms with E-state index in [1.54, 1.807) is 0 Å². The van der Waals surface area contributed by atoms with Gasteiger partial charge in [-0.25, -0.2) is 4.39 Å². The smallest absolute Gasteiger partial charge is 0.251 e.